The fourth-order valence-corrected chi connectivity index (χ4v) is 3.69. The van der Waals surface area contributed by atoms with E-state index in [0.717, 1.165) is 23.7 Å². The fourth-order valence-electron chi connectivity index (χ4n) is 3.69. The van der Waals surface area contributed by atoms with Gasteiger partial charge in [0.15, 0.2) is 0 Å². The van der Waals surface area contributed by atoms with E-state index >= 15 is 0 Å². The Morgan fingerprint density at radius 3 is 2.44 bits per heavy atom. The van der Waals surface area contributed by atoms with Gasteiger partial charge in [-0.2, -0.15) is 0 Å². The molecule has 0 nitrogen and oxygen atoms in total. The van der Waals surface area contributed by atoms with E-state index in [9.17, 15) is 0 Å². The van der Waals surface area contributed by atoms with Gasteiger partial charge in [-0.25, -0.2) is 0 Å². The normalized spacial score (nSPS) is 28.2. The third-order valence-electron chi connectivity index (χ3n) is 5.24. The summed E-state index contributed by atoms with van der Waals surface area (Å²) in [5, 5.41) is 0. The summed E-state index contributed by atoms with van der Waals surface area (Å²) in [4.78, 5) is 0. The Morgan fingerprint density at radius 1 is 1.28 bits per heavy atom. The zero-order valence-corrected chi connectivity index (χ0v) is 12.3. The molecule has 0 aliphatic heterocycles. The van der Waals surface area contributed by atoms with Crippen molar-refractivity contribution in [3.63, 3.8) is 0 Å². The number of hydrogen-bond donors (Lipinski definition) is 0. The highest BCUT2D eigenvalue weighted by Gasteiger charge is 2.40. The van der Waals surface area contributed by atoms with E-state index in [1.807, 2.05) is 0 Å². The summed E-state index contributed by atoms with van der Waals surface area (Å²) >= 11 is 0. The highest BCUT2D eigenvalue weighted by molar-refractivity contribution is 5.47. The average molecular weight is 242 g/mol. The van der Waals surface area contributed by atoms with Crippen molar-refractivity contribution in [2.75, 3.05) is 0 Å². The molecule has 2 aliphatic carbocycles. The van der Waals surface area contributed by atoms with Crippen LogP contribution in [0.4, 0.5) is 0 Å². The largest absolute Gasteiger partial charge is 0.0619 e. The first-order valence-electron chi connectivity index (χ1n) is 7.75. The van der Waals surface area contributed by atoms with E-state index in [4.69, 9.17) is 0 Å². The first-order valence-corrected chi connectivity index (χ1v) is 7.75. The van der Waals surface area contributed by atoms with Crippen LogP contribution in [0.15, 0.2) is 12.1 Å². The number of benzene rings is 1. The van der Waals surface area contributed by atoms with Crippen molar-refractivity contribution in [3.8, 4) is 0 Å². The summed E-state index contributed by atoms with van der Waals surface area (Å²) in [6, 6.07) is 4.75. The van der Waals surface area contributed by atoms with Gasteiger partial charge in [-0.15, -0.1) is 0 Å². The average Bonchev–Trinajstić information content (AvgIpc) is 3.23. The lowest BCUT2D eigenvalue weighted by molar-refractivity contribution is 0.645. The molecule has 0 radical (unpaired) electrons. The molecule has 3 atom stereocenters. The molecule has 0 N–H and O–H groups in total. The van der Waals surface area contributed by atoms with Crippen LogP contribution in [0, 0.1) is 18.8 Å². The van der Waals surface area contributed by atoms with Crippen LogP contribution in [0.25, 0.3) is 0 Å². The van der Waals surface area contributed by atoms with Crippen molar-refractivity contribution < 1.29 is 0 Å². The molecule has 1 aromatic rings. The quantitative estimate of drug-likeness (QED) is 0.681. The molecule has 2 fully saturated rings. The molecule has 2 saturated carbocycles. The Hall–Kier alpha value is -0.780. The maximum atomic E-state index is 2.47. The van der Waals surface area contributed by atoms with E-state index in [-0.39, 0.29) is 0 Å². The van der Waals surface area contributed by atoms with Gasteiger partial charge < -0.3 is 0 Å². The maximum Gasteiger partial charge on any atom is -0.0128 e. The van der Waals surface area contributed by atoms with Gasteiger partial charge in [0.1, 0.15) is 0 Å². The van der Waals surface area contributed by atoms with Gasteiger partial charge in [0.2, 0.25) is 0 Å². The summed E-state index contributed by atoms with van der Waals surface area (Å²) in [6.07, 6.45) is 5.52. The van der Waals surface area contributed by atoms with Gasteiger partial charge in [-0.3, -0.25) is 0 Å². The minimum Gasteiger partial charge on any atom is -0.0619 e. The van der Waals surface area contributed by atoms with Gasteiger partial charge in [0.25, 0.3) is 0 Å². The second-order valence-electron chi connectivity index (χ2n) is 6.67. The van der Waals surface area contributed by atoms with Crippen LogP contribution >= 0.6 is 0 Å². The van der Waals surface area contributed by atoms with Crippen LogP contribution in [-0.4, -0.2) is 0 Å². The Kier molecular flexibility index (Phi) is 3.00. The Bertz CT molecular complexity index is 453. The molecule has 0 heterocycles. The molecule has 1 aromatic carbocycles. The Labute approximate surface area is 112 Å². The second kappa shape index (κ2) is 4.40. The lowest BCUT2D eigenvalue weighted by Crippen LogP contribution is -2.07. The smallest absolute Gasteiger partial charge is 0.0128 e. The second-order valence-corrected chi connectivity index (χ2v) is 6.67. The molecular formula is C18H26. The Balaban J connectivity index is 2.08. The van der Waals surface area contributed by atoms with Crippen molar-refractivity contribution in [1.29, 1.82) is 0 Å². The zero-order chi connectivity index (χ0) is 12.9. The number of aryl methyl sites for hydroxylation is 2. The van der Waals surface area contributed by atoms with E-state index in [1.54, 1.807) is 22.3 Å². The first kappa shape index (κ1) is 12.3. The molecule has 0 saturated heterocycles. The first-order chi connectivity index (χ1) is 8.63. The molecule has 0 aromatic heterocycles. The van der Waals surface area contributed by atoms with E-state index < -0.39 is 0 Å². The molecule has 0 heteroatoms. The number of hydrogen-bond acceptors (Lipinski definition) is 0. The predicted molar refractivity (Wildman–Crippen MR) is 78.2 cm³/mol. The van der Waals surface area contributed by atoms with Gasteiger partial charge in [-0.1, -0.05) is 32.9 Å². The topological polar surface area (TPSA) is 0 Å². The number of rotatable bonds is 4. The van der Waals surface area contributed by atoms with Gasteiger partial charge in [0, 0.05) is 0 Å². The molecule has 0 spiro atoms. The van der Waals surface area contributed by atoms with Gasteiger partial charge >= 0.3 is 0 Å². The molecule has 2 aliphatic rings. The van der Waals surface area contributed by atoms with E-state index in [0.29, 0.717) is 0 Å². The minimum atomic E-state index is 0.794. The van der Waals surface area contributed by atoms with Crippen LogP contribution in [0.3, 0.4) is 0 Å². The molecule has 3 unspecified atom stereocenters. The third kappa shape index (κ3) is 2.00. The van der Waals surface area contributed by atoms with Crippen LogP contribution in [0.5, 0.6) is 0 Å². The van der Waals surface area contributed by atoms with Crippen molar-refractivity contribution in [2.45, 2.75) is 65.2 Å². The maximum absolute atomic E-state index is 2.47. The summed E-state index contributed by atoms with van der Waals surface area (Å²) < 4.78 is 0. The van der Waals surface area contributed by atoms with E-state index in [1.165, 1.54) is 25.7 Å². The van der Waals surface area contributed by atoms with Crippen LogP contribution in [0.2, 0.25) is 0 Å². The summed E-state index contributed by atoms with van der Waals surface area (Å²) in [6.45, 7) is 9.52. The minimum absolute atomic E-state index is 0.794. The van der Waals surface area contributed by atoms with Crippen molar-refractivity contribution in [3.05, 3.63) is 34.4 Å². The Morgan fingerprint density at radius 2 is 1.94 bits per heavy atom. The molecular weight excluding hydrogens is 216 g/mol. The molecule has 3 rings (SSSR count). The van der Waals surface area contributed by atoms with E-state index in [2.05, 4.69) is 39.8 Å². The predicted octanol–water partition coefficient (Wildman–Crippen LogP) is 5.19. The van der Waals surface area contributed by atoms with Crippen molar-refractivity contribution in [1.82, 2.24) is 0 Å². The summed E-state index contributed by atoms with van der Waals surface area (Å²) in [5.41, 5.74) is 6.65. The summed E-state index contributed by atoms with van der Waals surface area (Å²) in [7, 11) is 0. The van der Waals surface area contributed by atoms with Crippen LogP contribution < -0.4 is 0 Å². The summed E-state index contributed by atoms with van der Waals surface area (Å²) in [5.74, 6) is 3.56. The standard InChI is InChI=1S/C18H26/c1-5-14-7-6-11(2)17(16-10-12(16)3)18(14)13(4)15-8-9-15/h6-7,12-13,15-16H,5,8-10H2,1-4H3. The van der Waals surface area contributed by atoms with Crippen LogP contribution in [0.1, 0.15) is 74.1 Å². The SMILES string of the molecule is CCc1ccc(C)c(C2CC2C)c1C(C)C1CC1. The molecule has 18 heavy (non-hydrogen) atoms. The molecule has 0 bridgehead atoms. The van der Waals surface area contributed by atoms with Crippen molar-refractivity contribution in [2.24, 2.45) is 11.8 Å². The van der Waals surface area contributed by atoms with Gasteiger partial charge in [-0.05, 0) is 78.5 Å². The lowest BCUT2D eigenvalue weighted by atomic mass is 9.83. The molecule has 0 amide bonds. The lowest BCUT2D eigenvalue weighted by Gasteiger charge is -2.22. The monoisotopic (exact) mass is 242 g/mol. The van der Waals surface area contributed by atoms with Crippen LogP contribution in [-0.2, 0) is 6.42 Å². The highest BCUT2D eigenvalue weighted by Crippen LogP contribution is 2.53. The fraction of sp³-hybridized carbons (Fsp3) is 0.667. The van der Waals surface area contributed by atoms with Gasteiger partial charge in [0.05, 0.1) is 0 Å². The van der Waals surface area contributed by atoms with Crippen molar-refractivity contribution >= 4 is 0 Å². The molecule has 98 valence electrons. The third-order valence-corrected chi connectivity index (χ3v) is 5.24. The highest BCUT2D eigenvalue weighted by atomic mass is 14.4. The zero-order valence-electron chi connectivity index (χ0n) is 12.3.